The molecule has 2 rings (SSSR count). The number of H-pyrrole nitrogens is 1. The lowest BCUT2D eigenvalue weighted by Crippen LogP contribution is -2.15. The smallest absolute Gasteiger partial charge is 0.325 e. The number of hydrogen-bond acceptors (Lipinski definition) is 3. The van der Waals surface area contributed by atoms with Gasteiger partial charge in [-0.05, 0) is 37.1 Å². The number of benzene rings is 1. The Balaban J connectivity index is 2.55. The number of nitrogens with one attached hydrogen (secondary N) is 1. The van der Waals surface area contributed by atoms with Crippen molar-refractivity contribution in [3.8, 4) is 11.3 Å². The minimum atomic E-state index is -0.360. The van der Waals surface area contributed by atoms with E-state index in [4.69, 9.17) is 5.73 Å². The van der Waals surface area contributed by atoms with Crippen molar-refractivity contribution >= 4 is 0 Å². The number of rotatable bonds is 2. The fourth-order valence-corrected chi connectivity index (χ4v) is 1.67. The molecule has 88 valence electrons. The highest BCUT2D eigenvalue weighted by Crippen LogP contribution is 2.19. The number of aromatic nitrogens is 2. The van der Waals surface area contributed by atoms with E-state index in [1.54, 1.807) is 0 Å². The first kappa shape index (κ1) is 11.5. The molecule has 0 saturated heterocycles. The van der Waals surface area contributed by atoms with Gasteiger partial charge < -0.3 is 10.7 Å². The zero-order valence-electron chi connectivity index (χ0n) is 9.95. The van der Waals surface area contributed by atoms with Crippen LogP contribution < -0.4 is 11.4 Å². The summed E-state index contributed by atoms with van der Waals surface area (Å²) in [7, 11) is 0. The molecule has 0 atom stereocenters. The van der Waals surface area contributed by atoms with Crippen LogP contribution in [0.2, 0.25) is 0 Å². The summed E-state index contributed by atoms with van der Waals surface area (Å²) in [6.45, 7) is 4.39. The summed E-state index contributed by atoms with van der Waals surface area (Å²) in [5, 5.41) is 0. The van der Waals surface area contributed by atoms with Crippen LogP contribution in [0, 0.1) is 13.8 Å². The normalized spacial score (nSPS) is 10.5. The maximum atomic E-state index is 11.4. The number of nitrogens with zero attached hydrogens (tertiary/aromatic N) is 1. The van der Waals surface area contributed by atoms with Crippen molar-refractivity contribution in [3.63, 3.8) is 0 Å². The van der Waals surface area contributed by atoms with Gasteiger partial charge in [0.15, 0.2) is 0 Å². The van der Waals surface area contributed by atoms with Crippen LogP contribution in [-0.4, -0.2) is 9.97 Å². The van der Waals surface area contributed by atoms with E-state index in [2.05, 4.69) is 16.9 Å². The summed E-state index contributed by atoms with van der Waals surface area (Å²) in [5.74, 6) is 0. The van der Waals surface area contributed by atoms with Gasteiger partial charge in [-0.1, -0.05) is 12.1 Å². The van der Waals surface area contributed by atoms with Crippen LogP contribution in [0.15, 0.2) is 29.1 Å². The molecule has 4 nitrogen and oxygen atoms in total. The molecule has 1 aromatic carbocycles. The Morgan fingerprint density at radius 3 is 2.65 bits per heavy atom. The van der Waals surface area contributed by atoms with Gasteiger partial charge in [0.25, 0.3) is 0 Å². The van der Waals surface area contributed by atoms with E-state index in [1.807, 2.05) is 31.2 Å². The molecule has 0 radical (unpaired) electrons. The summed E-state index contributed by atoms with van der Waals surface area (Å²) in [6, 6.07) is 7.82. The maximum absolute atomic E-state index is 11.4. The Morgan fingerprint density at radius 1 is 1.24 bits per heavy atom. The predicted octanol–water partition coefficient (Wildman–Crippen LogP) is 1.51. The van der Waals surface area contributed by atoms with Gasteiger partial charge in [0.05, 0.1) is 5.69 Å². The molecule has 1 heterocycles. The van der Waals surface area contributed by atoms with Crippen molar-refractivity contribution < 1.29 is 0 Å². The highest BCUT2D eigenvalue weighted by Gasteiger charge is 2.04. The zero-order valence-corrected chi connectivity index (χ0v) is 9.95. The lowest BCUT2D eigenvalue weighted by molar-refractivity contribution is 0.934. The first-order valence-electron chi connectivity index (χ1n) is 5.48. The van der Waals surface area contributed by atoms with Crippen LogP contribution in [0.4, 0.5) is 0 Å². The first-order chi connectivity index (χ1) is 8.10. The van der Waals surface area contributed by atoms with Gasteiger partial charge in [-0.2, -0.15) is 4.98 Å². The minimum absolute atomic E-state index is 0.301. The van der Waals surface area contributed by atoms with Crippen molar-refractivity contribution in [2.75, 3.05) is 0 Å². The number of nitrogens with two attached hydrogens (primary N) is 1. The van der Waals surface area contributed by atoms with Crippen LogP contribution in [-0.2, 0) is 6.54 Å². The molecule has 4 heteroatoms. The van der Waals surface area contributed by atoms with E-state index >= 15 is 0 Å². The molecule has 1 aromatic heterocycles. The minimum Gasteiger partial charge on any atom is -0.325 e. The predicted molar refractivity (Wildman–Crippen MR) is 67.7 cm³/mol. The van der Waals surface area contributed by atoms with Gasteiger partial charge >= 0.3 is 5.69 Å². The lowest BCUT2D eigenvalue weighted by atomic mass is 10.0. The average Bonchev–Trinajstić information content (AvgIpc) is 2.32. The monoisotopic (exact) mass is 229 g/mol. The second-order valence-electron chi connectivity index (χ2n) is 4.10. The lowest BCUT2D eigenvalue weighted by Gasteiger charge is -2.05. The van der Waals surface area contributed by atoms with E-state index in [0.717, 1.165) is 5.56 Å². The molecule has 0 amide bonds. The van der Waals surface area contributed by atoms with Gasteiger partial charge in [-0.15, -0.1) is 0 Å². The van der Waals surface area contributed by atoms with Gasteiger partial charge in [0.2, 0.25) is 0 Å². The molecule has 3 N–H and O–H groups in total. The van der Waals surface area contributed by atoms with Crippen molar-refractivity contribution in [2.45, 2.75) is 20.4 Å². The second-order valence-corrected chi connectivity index (χ2v) is 4.10. The van der Waals surface area contributed by atoms with Crippen molar-refractivity contribution in [3.05, 3.63) is 51.6 Å². The Bertz CT molecular complexity index is 602. The molecule has 0 aliphatic carbocycles. The standard InChI is InChI=1S/C13H15N3O/c1-8-3-4-10(5-9(8)2)12-6-11(7-14)15-13(17)16-12/h3-6H,7,14H2,1-2H3,(H,15,16,17). The summed E-state index contributed by atoms with van der Waals surface area (Å²) in [4.78, 5) is 17.9. The molecule has 0 bridgehead atoms. The summed E-state index contributed by atoms with van der Waals surface area (Å²) >= 11 is 0. The molecule has 0 aliphatic heterocycles. The fourth-order valence-electron chi connectivity index (χ4n) is 1.67. The van der Waals surface area contributed by atoms with Gasteiger partial charge in [0.1, 0.15) is 0 Å². The molecule has 2 aromatic rings. The van der Waals surface area contributed by atoms with Crippen LogP contribution >= 0.6 is 0 Å². The molecule has 0 fully saturated rings. The van der Waals surface area contributed by atoms with E-state index in [-0.39, 0.29) is 5.69 Å². The Kier molecular flexibility index (Phi) is 3.06. The SMILES string of the molecule is Cc1ccc(-c2cc(CN)[nH]c(=O)n2)cc1C. The Hall–Kier alpha value is -1.94. The maximum Gasteiger partial charge on any atom is 0.345 e. The molecule has 0 spiro atoms. The van der Waals surface area contributed by atoms with Crippen molar-refractivity contribution in [2.24, 2.45) is 5.73 Å². The molecule has 0 unspecified atom stereocenters. The van der Waals surface area contributed by atoms with E-state index in [1.165, 1.54) is 11.1 Å². The van der Waals surface area contributed by atoms with E-state index in [0.29, 0.717) is 17.9 Å². The summed E-state index contributed by atoms with van der Waals surface area (Å²) < 4.78 is 0. The van der Waals surface area contributed by atoms with Crippen LogP contribution in [0.3, 0.4) is 0 Å². The van der Waals surface area contributed by atoms with Gasteiger partial charge in [-0.25, -0.2) is 4.79 Å². The second kappa shape index (κ2) is 4.51. The van der Waals surface area contributed by atoms with Crippen LogP contribution in [0.1, 0.15) is 16.8 Å². The number of aryl methyl sites for hydroxylation is 2. The molecular formula is C13H15N3O. The number of hydrogen-bond donors (Lipinski definition) is 2. The first-order valence-corrected chi connectivity index (χ1v) is 5.48. The van der Waals surface area contributed by atoms with Gasteiger partial charge in [-0.3, -0.25) is 0 Å². The molecule has 17 heavy (non-hydrogen) atoms. The largest absolute Gasteiger partial charge is 0.345 e. The third kappa shape index (κ3) is 2.42. The van der Waals surface area contributed by atoms with Gasteiger partial charge in [0, 0.05) is 17.8 Å². The summed E-state index contributed by atoms with van der Waals surface area (Å²) in [5.41, 5.74) is 9.86. The number of aromatic amines is 1. The zero-order chi connectivity index (χ0) is 12.4. The highest BCUT2D eigenvalue weighted by molar-refractivity contribution is 5.60. The van der Waals surface area contributed by atoms with E-state index < -0.39 is 0 Å². The van der Waals surface area contributed by atoms with Crippen molar-refractivity contribution in [1.29, 1.82) is 0 Å². The highest BCUT2D eigenvalue weighted by atomic mass is 16.1. The fraction of sp³-hybridized carbons (Fsp3) is 0.231. The third-order valence-electron chi connectivity index (χ3n) is 2.82. The Labute approximate surface area is 99.5 Å². The van der Waals surface area contributed by atoms with Crippen LogP contribution in [0.5, 0.6) is 0 Å². The summed E-state index contributed by atoms with van der Waals surface area (Å²) in [6.07, 6.45) is 0. The molecular weight excluding hydrogens is 214 g/mol. The quantitative estimate of drug-likeness (QED) is 0.820. The topological polar surface area (TPSA) is 71.8 Å². The third-order valence-corrected chi connectivity index (χ3v) is 2.82. The van der Waals surface area contributed by atoms with E-state index in [9.17, 15) is 4.79 Å². The average molecular weight is 229 g/mol. The Morgan fingerprint density at radius 2 is 2.00 bits per heavy atom. The molecule has 0 saturated carbocycles. The van der Waals surface area contributed by atoms with Crippen molar-refractivity contribution in [1.82, 2.24) is 9.97 Å². The van der Waals surface area contributed by atoms with Crippen LogP contribution in [0.25, 0.3) is 11.3 Å². The molecule has 0 aliphatic rings.